The number of likely N-dealkylation sites (N-methyl/N-ethyl adjacent to an activating group) is 1. The topological polar surface area (TPSA) is 101 Å². The van der Waals surface area contributed by atoms with E-state index in [1.807, 2.05) is 0 Å². The molecule has 0 heterocycles. The molecule has 4 N–H and O–H groups in total. The lowest BCUT2D eigenvalue weighted by atomic mass is 10.0. The predicted molar refractivity (Wildman–Crippen MR) is 44.3 cm³/mol. The van der Waals surface area contributed by atoms with Gasteiger partial charge in [0, 0.05) is 0 Å². The number of carbonyl (C=O) groups is 1. The van der Waals surface area contributed by atoms with Crippen molar-refractivity contribution >= 4 is 5.97 Å². The molecule has 0 aromatic rings. The number of aliphatic hydroxyl groups excluding tert-OH is 3. The van der Waals surface area contributed by atoms with Crippen LogP contribution in [-0.2, 0) is 4.79 Å². The zero-order valence-electron chi connectivity index (χ0n) is 7.47. The lowest BCUT2D eigenvalue weighted by Gasteiger charge is -2.36. The number of hydrogen-bond donors (Lipinski definition) is 4. The standard InChI is InChI=1S/C7H15NO5/c1-8(2-6(12)13)7(3-9,4-10)5-11/h9-11H,2-5H2,1H3,(H,12,13). The molecule has 13 heavy (non-hydrogen) atoms. The summed E-state index contributed by atoms with van der Waals surface area (Å²) in [6, 6.07) is 0. The quantitative estimate of drug-likeness (QED) is 0.379. The predicted octanol–water partition coefficient (Wildman–Crippen LogP) is -2.28. The van der Waals surface area contributed by atoms with E-state index in [0.717, 1.165) is 0 Å². The Hall–Kier alpha value is -0.690. The highest BCUT2D eigenvalue weighted by atomic mass is 16.4. The molecule has 0 aliphatic heterocycles. The smallest absolute Gasteiger partial charge is 0.317 e. The molecule has 0 rings (SSSR count). The number of hydrogen-bond acceptors (Lipinski definition) is 5. The molecule has 0 radical (unpaired) electrons. The van der Waals surface area contributed by atoms with Crippen molar-refractivity contribution in [3.05, 3.63) is 0 Å². The van der Waals surface area contributed by atoms with Gasteiger partial charge in [-0.05, 0) is 7.05 Å². The van der Waals surface area contributed by atoms with Gasteiger partial charge in [0.15, 0.2) is 0 Å². The molecule has 0 unspecified atom stereocenters. The maximum atomic E-state index is 10.3. The van der Waals surface area contributed by atoms with Crippen LogP contribution in [0.25, 0.3) is 0 Å². The van der Waals surface area contributed by atoms with E-state index in [2.05, 4.69) is 0 Å². The Balaban J connectivity index is 4.43. The monoisotopic (exact) mass is 193 g/mol. The molecule has 6 nitrogen and oxygen atoms in total. The van der Waals surface area contributed by atoms with Gasteiger partial charge in [-0.15, -0.1) is 0 Å². The number of aliphatic carboxylic acids is 1. The number of carboxylic acids is 1. The maximum absolute atomic E-state index is 10.3. The summed E-state index contributed by atoms with van der Waals surface area (Å²) in [6.45, 7) is -1.83. The summed E-state index contributed by atoms with van der Waals surface area (Å²) in [7, 11) is 1.41. The molecule has 0 aromatic carbocycles. The fourth-order valence-corrected chi connectivity index (χ4v) is 0.883. The van der Waals surface area contributed by atoms with E-state index in [1.54, 1.807) is 0 Å². The zero-order chi connectivity index (χ0) is 10.5. The first-order valence-electron chi connectivity index (χ1n) is 3.78. The van der Waals surface area contributed by atoms with Crippen LogP contribution in [0, 0.1) is 0 Å². The molecule has 0 saturated heterocycles. The van der Waals surface area contributed by atoms with Gasteiger partial charge in [-0.1, -0.05) is 0 Å². The lowest BCUT2D eigenvalue weighted by molar-refractivity contribution is -0.141. The van der Waals surface area contributed by atoms with E-state index in [9.17, 15) is 4.79 Å². The molecule has 0 amide bonds. The minimum absolute atomic E-state index is 0.346. The summed E-state index contributed by atoms with van der Waals surface area (Å²) in [5.74, 6) is -1.08. The first-order valence-corrected chi connectivity index (χ1v) is 3.78. The fourth-order valence-electron chi connectivity index (χ4n) is 0.883. The Bertz CT molecular complexity index is 160. The van der Waals surface area contributed by atoms with Crippen molar-refractivity contribution < 1.29 is 25.2 Å². The third kappa shape index (κ3) is 2.92. The second-order valence-corrected chi connectivity index (χ2v) is 2.95. The molecule has 6 heteroatoms. The molecule has 0 bridgehead atoms. The van der Waals surface area contributed by atoms with Crippen LogP contribution in [0.15, 0.2) is 0 Å². The van der Waals surface area contributed by atoms with Gasteiger partial charge in [0.1, 0.15) is 0 Å². The Kier molecular flexibility index (Phi) is 4.86. The Morgan fingerprint density at radius 3 is 1.85 bits per heavy atom. The zero-order valence-corrected chi connectivity index (χ0v) is 7.47. The molecule has 0 spiro atoms. The SMILES string of the molecule is CN(CC(=O)O)C(CO)(CO)CO. The number of carboxylic acid groups (broad SMARTS) is 1. The summed E-state index contributed by atoms with van der Waals surface area (Å²) in [5, 5.41) is 35.2. The van der Waals surface area contributed by atoms with Crippen LogP contribution in [0.4, 0.5) is 0 Å². The van der Waals surface area contributed by atoms with E-state index < -0.39 is 31.3 Å². The highest BCUT2D eigenvalue weighted by molar-refractivity contribution is 5.69. The van der Waals surface area contributed by atoms with Crippen molar-refractivity contribution in [2.75, 3.05) is 33.4 Å². The molecule has 0 saturated carbocycles. The van der Waals surface area contributed by atoms with Gasteiger partial charge in [0.2, 0.25) is 0 Å². The molecule has 0 fully saturated rings. The Labute approximate surface area is 76.0 Å². The first kappa shape index (κ1) is 12.3. The van der Waals surface area contributed by atoms with Crippen LogP contribution in [0.5, 0.6) is 0 Å². The van der Waals surface area contributed by atoms with Crippen LogP contribution >= 0.6 is 0 Å². The van der Waals surface area contributed by atoms with Crippen molar-refractivity contribution in [2.24, 2.45) is 0 Å². The largest absolute Gasteiger partial charge is 0.480 e. The molecule has 0 aliphatic carbocycles. The second-order valence-electron chi connectivity index (χ2n) is 2.95. The van der Waals surface area contributed by atoms with Crippen LogP contribution in [-0.4, -0.2) is 70.2 Å². The molecule has 0 aliphatic rings. The summed E-state index contributed by atoms with van der Waals surface area (Å²) < 4.78 is 0. The highest BCUT2D eigenvalue weighted by Crippen LogP contribution is 2.11. The third-order valence-electron chi connectivity index (χ3n) is 2.07. The molecule has 78 valence electrons. The Morgan fingerprint density at radius 1 is 1.23 bits per heavy atom. The van der Waals surface area contributed by atoms with E-state index in [4.69, 9.17) is 20.4 Å². The number of rotatable bonds is 6. The van der Waals surface area contributed by atoms with Gasteiger partial charge >= 0.3 is 5.97 Å². The van der Waals surface area contributed by atoms with E-state index in [0.29, 0.717) is 0 Å². The van der Waals surface area contributed by atoms with Crippen molar-refractivity contribution in [3.8, 4) is 0 Å². The van der Waals surface area contributed by atoms with E-state index in [-0.39, 0.29) is 6.54 Å². The highest BCUT2D eigenvalue weighted by Gasteiger charge is 2.33. The van der Waals surface area contributed by atoms with Gasteiger partial charge in [-0.2, -0.15) is 0 Å². The number of nitrogens with zero attached hydrogens (tertiary/aromatic N) is 1. The maximum Gasteiger partial charge on any atom is 0.317 e. The summed E-state index contributed by atoms with van der Waals surface area (Å²) in [6.07, 6.45) is 0. The van der Waals surface area contributed by atoms with E-state index in [1.165, 1.54) is 11.9 Å². The fraction of sp³-hybridized carbons (Fsp3) is 0.857. The minimum Gasteiger partial charge on any atom is -0.480 e. The second kappa shape index (κ2) is 5.13. The lowest BCUT2D eigenvalue weighted by Crippen LogP contribution is -2.56. The van der Waals surface area contributed by atoms with Crippen molar-refractivity contribution in [1.29, 1.82) is 0 Å². The van der Waals surface area contributed by atoms with Crippen molar-refractivity contribution in [1.82, 2.24) is 4.90 Å². The van der Waals surface area contributed by atoms with Crippen LogP contribution in [0.1, 0.15) is 0 Å². The van der Waals surface area contributed by atoms with Gasteiger partial charge in [-0.3, -0.25) is 9.69 Å². The summed E-state index contributed by atoms with van der Waals surface area (Å²) in [4.78, 5) is 11.5. The normalized spacial score (nSPS) is 12.1. The van der Waals surface area contributed by atoms with Crippen LogP contribution < -0.4 is 0 Å². The summed E-state index contributed by atoms with van der Waals surface area (Å²) >= 11 is 0. The number of aliphatic hydroxyl groups is 3. The van der Waals surface area contributed by atoms with Crippen molar-refractivity contribution in [3.63, 3.8) is 0 Å². The Morgan fingerprint density at radius 2 is 1.62 bits per heavy atom. The third-order valence-corrected chi connectivity index (χ3v) is 2.07. The average molecular weight is 193 g/mol. The minimum atomic E-state index is -1.27. The van der Waals surface area contributed by atoms with Crippen LogP contribution in [0.2, 0.25) is 0 Å². The molecule has 0 atom stereocenters. The van der Waals surface area contributed by atoms with Crippen LogP contribution in [0.3, 0.4) is 0 Å². The first-order chi connectivity index (χ1) is 6.02. The molecular formula is C7H15NO5. The molecule has 0 aromatic heterocycles. The van der Waals surface area contributed by atoms with E-state index >= 15 is 0 Å². The van der Waals surface area contributed by atoms with Gasteiger partial charge in [0.25, 0.3) is 0 Å². The molecular weight excluding hydrogens is 178 g/mol. The van der Waals surface area contributed by atoms with Gasteiger partial charge < -0.3 is 20.4 Å². The van der Waals surface area contributed by atoms with Crippen molar-refractivity contribution in [2.45, 2.75) is 5.54 Å². The summed E-state index contributed by atoms with van der Waals surface area (Å²) in [5.41, 5.74) is -1.27. The van der Waals surface area contributed by atoms with Gasteiger partial charge in [-0.25, -0.2) is 0 Å². The van der Waals surface area contributed by atoms with Gasteiger partial charge in [0.05, 0.1) is 31.9 Å². The average Bonchev–Trinajstić information content (AvgIpc) is 2.07.